The third kappa shape index (κ3) is 3.50. The van der Waals surface area contributed by atoms with Crippen LogP contribution < -0.4 is 4.90 Å². The predicted octanol–water partition coefficient (Wildman–Crippen LogP) is 6.08. The van der Waals surface area contributed by atoms with Crippen molar-refractivity contribution < 1.29 is 13.2 Å². The molecule has 3 aromatic rings. The number of anilines is 1. The number of nitrogens with zero attached hydrogens (tertiary/aromatic N) is 3. The minimum atomic E-state index is -4.43. The zero-order valence-corrected chi connectivity index (χ0v) is 16.2. The van der Waals surface area contributed by atoms with E-state index in [0.29, 0.717) is 11.3 Å². The van der Waals surface area contributed by atoms with Gasteiger partial charge in [0, 0.05) is 18.7 Å². The number of benzene rings is 1. The van der Waals surface area contributed by atoms with E-state index in [9.17, 15) is 13.2 Å². The van der Waals surface area contributed by atoms with Crippen LogP contribution in [0.25, 0.3) is 16.8 Å². The molecular formula is C20H21ClF3N3. The third-order valence-electron chi connectivity index (χ3n) is 4.69. The van der Waals surface area contributed by atoms with E-state index in [1.807, 2.05) is 25.1 Å². The number of hydrogen-bond donors (Lipinski definition) is 0. The molecule has 0 unspecified atom stereocenters. The zero-order chi connectivity index (χ0) is 19.8. The number of fused-ring (bicyclic) bond motifs is 1. The Labute approximate surface area is 161 Å². The number of rotatable bonds is 5. The molecule has 27 heavy (non-hydrogen) atoms. The minimum absolute atomic E-state index is 0.0512. The Morgan fingerprint density at radius 3 is 2.33 bits per heavy atom. The van der Waals surface area contributed by atoms with Gasteiger partial charge in [-0.1, -0.05) is 30.7 Å². The van der Waals surface area contributed by atoms with Gasteiger partial charge in [0.1, 0.15) is 0 Å². The number of hydrogen-bond acceptors (Lipinski definition) is 2. The molecule has 2 heterocycles. The summed E-state index contributed by atoms with van der Waals surface area (Å²) in [5.74, 6) is 0. The van der Waals surface area contributed by atoms with Gasteiger partial charge in [-0.15, -0.1) is 0 Å². The molecule has 0 atom stereocenters. The van der Waals surface area contributed by atoms with Crippen LogP contribution in [0.15, 0.2) is 36.4 Å². The molecule has 7 heteroatoms. The number of aromatic nitrogens is 2. The Balaban J connectivity index is 2.22. The van der Waals surface area contributed by atoms with Crippen LogP contribution in [-0.4, -0.2) is 22.7 Å². The topological polar surface area (TPSA) is 20.5 Å². The number of aryl methyl sites for hydroxylation is 1. The highest BCUT2D eigenvalue weighted by Gasteiger charge is 2.31. The molecule has 0 aliphatic heterocycles. The fourth-order valence-electron chi connectivity index (χ4n) is 3.33. The van der Waals surface area contributed by atoms with E-state index in [4.69, 9.17) is 16.7 Å². The summed E-state index contributed by atoms with van der Waals surface area (Å²) in [5.41, 5.74) is 3.36. The summed E-state index contributed by atoms with van der Waals surface area (Å²) in [6, 6.07) is 9.10. The van der Waals surface area contributed by atoms with E-state index in [-0.39, 0.29) is 5.02 Å². The van der Waals surface area contributed by atoms with Crippen LogP contribution in [0.3, 0.4) is 0 Å². The molecule has 144 valence electrons. The minimum Gasteiger partial charge on any atom is -0.369 e. The number of halogens is 4. The molecule has 0 amide bonds. The van der Waals surface area contributed by atoms with Gasteiger partial charge in [-0.2, -0.15) is 18.3 Å². The van der Waals surface area contributed by atoms with Gasteiger partial charge in [0.15, 0.2) is 0 Å². The van der Waals surface area contributed by atoms with Crippen molar-refractivity contribution in [1.82, 2.24) is 9.61 Å². The molecule has 1 aromatic carbocycles. The maximum atomic E-state index is 12.9. The summed E-state index contributed by atoms with van der Waals surface area (Å²) in [6.07, 6.45) is -3.67. The normalized spacial score (nSPS) is 12.0. The van der Waals surface area contributed by atoms with Crippen molar-refractivity contribution in [2.45, 2.75) is 33.4 Å². The summed E-state index contributed by atoms with van der Waals surface area (Å²) in [7, 11) is 0. The van der Waals surface area contributed by atoms with Crippen molar-refractivity contribution in [3.8, 4) is 11.3 Å². The Morgan fingerprint density at radius 1 is 1.07 bits per heavy atom. The van der Waals surface area contributed by atoms with E-state index in [1.165, 1.54) is 6.07 Å². The van der Waals surface area contributed by atoms with Crippen LogP contribution in [0.5, 0.6) is 0 Å². The molecule has 0 radical (unpaired) electrons. The van der Waals surface area contributed by atoms with Gasteiger partial charge in [0.2, 0.25) is 0 Å². The molecule has 0 aliphatic rings. The predicted molar refractivity (Wildman–Crippen MR) is 104 cm³/mol. The highest BCUT2D eigenvalue weighted by atomic mass is 35.5. The lowest BCUT2D eigenvalue weighted by Crippen LogP contribution is -2.22. The van der Waals surface area contributed by atoms with Crippen molar-refractivity contribution in [3.63, 3.8) is 0 Å². The van der Waals surface area contributed by atoms with E-state index < -0.39 is 11.7 Å². The van der Waals surface area contributed by atoms with E-state index >= 15 is 0 Å². The fraction of sp³-hybridized carbons (Fsp3) is 0.350. The van der Waals surface area contributed by atoms with Gasteiger partial charge >= 0.3 is 6.18 Å². The summed E-state index contributed by atoms with van der Waals surface area (Å²) in [4.78, 5) is 2.24. The lowest BCUT2D eigenvalue weighted by Gasteiger charge is -2.21. The average Bonchev–Trinajstić information content (AvgIpc) is 3.01. The Hall–Kier alpha value is -2.21. The molecule has 0 saturated heterocycles. The van der Waals surface area contributed by atoms with Crippen molar-refractivity contribution >= 4 is 22.8 Å². The van der Waals surface area contributed by atoms with Crippen molar-refractivity contribution in [2.24, 2.45) is 0 Å². The summed E-state index contributed by atoms with van der Waals surface area (Å²) < 4.78 is 40.6. The van der Waals surface area contributed by atoms with Gasteiger partial charge in [-0.3, -0.25) is 0 Å². The van der Waals surface area contributed by atoms with Crippen LogP contribution in [0, 0.1) is 0 Å². The quantitative estimate of drug-likeness (QED) is 0.521. The first kappa shape index (κ1) is 19.5. The highest BCUT2D eigenvalue weighted by Crippen LogP contribution is 2.37. The first-order valence-electron chi connectivity index (χ1n) is 8.94. The molecule has 3 nitrogen and oxygen atoms in total. The van der Waals surface area contributed by atoms with Gasteiger partial charge in [-0.25, -0.2) is 4.52 Å². The molecule has 3 rings (SSSR count). The smallest absolute Gasteiger partial charge is 0.369 e. The van der Waals surface area contributed by atoms with Gasteiger partial charge in [-0.05, 0) is 44.5 Å². The van der Waals surface area contributed by atoms with Crippen molar-refractivity contribution in [3.05, 3.63) is 52.7 Å². The molecular weight excluding hydrogens is 375 g/mol. The fourth-order valence-corrected chi connectivity index (χ4v) is 3.61. The molecule has 0 aliphatic carbocycles. The number of pyridine rings is 1. The van der Waals surface area contributed by atoms with Crippen LogP contribution in [0.4, 0.5) is 18.9 Å². The largest absolute Gasteiger partial charge is 0.416 e. The second-order valence-electron chi connectivity index (χ2n) is 6.22. The van der Waals surface area contributed by atoms with Crippen LogP contribution in [-0.2, 0) is 12.6 Å². The standard InChI is InChI=1S/C20H21ClF3N3/c1-4-16-19(26(5-2)6-3)18-9-7-8-17(27(18)25-16)14-11-10-13(12-15(14)21)20(22,23)24/h7-12H,4-6H2,1-3H3. The molecule has 0 saturated carbocycles. The van der Waals surface area contributed by atoms with Crippen molar-refractivity contribution in [1.29, 1.82) is 0 Å². The molecule has 0 spiro atoms. The molecule has 0 fully saturated rings. The first-order valence-corrected chi connectivity index (χ1v) is 9.32. The van der Waals surface area contributed by atoms with Gasteiger partial charge in [0.05, 0.1) is 33.2 Å². The van der Waals surface area contributed by atoms with E-state index in [2.05, 4.69) is 18.7 Å². The first-order chi connectivity index (χ1) is 12.8. The third-order valence-corrected chi connectivity index (χ3v) is 5.00. The van der Waals surface area contributed by atoms with E-state index in [1.54, 1.807) is 4.52 Å². The Bertz CT molecular complexity index is 959. The molecule has 2 aromatic heterocycles. The summed E-state index contributed by atoms with van der Waals surface area (Å²) >= 11 is 6.22. The number of alkyl halides is 3. The van der Waals surface area contributed by atoms with Crippen LogP contribution in [0.1, 0.15) is 32.0 Å². The van der Waals surface area contributed by atoms with Gasteiger partial charge < -0.3 is 4.90 Å². The maximum Gasteiger partial charge on any atom is 0.416 e. The zero-order valence-electron chi connectivity index (χ0n) is 15.4. The van der Waals surface area contributed by atoms with Gasteiger partial charge in [0.25, 0.3) is 0 Å². The second kappa shape index (κ2) is 7.43. The second-order valence-corrected chi connectivity index (χ2v) is 6.63. The monoisotopic (exact) mass is 395 g/mol. The highest BCUT2D eigenvalue weighted by molar-refractivity contribution is 6.33. The SMILES string of the molecule is CCc1nn2c(-c3ccc(C(F)(F)F)cc3Cl)cccc2c1N(CC)CC. The van der Waals surface area contributed by atoms with Crippen LogP contribution in [0.2, 0.25) is 5.02 Å². The Kier molecular flexibility index (Phi) is 5.38. The summed E-state index contributed by atoms with van der Waals surface area (Å²) in [6.45, 7) is 7.90. The molecule has 0 bridgehead atoms. The van der Waals surface area contributed by atoms with E-state index in [0.717, 1.165) is 48.5 Å². The summed E-state index contributed by atoms with van der Waals surface area (Å²) in [5, 5.41) is 4.78. The molecule has 0 N–H and O–H groups in total. The maximum absolute atomic E-state index is 12.9. The average molecular weight is 396 g/mol. The van der Waals surface area contributed by atoms with Crippen molar-refractivity contribution in [2.75, 3.05) is 18.0 Å². The lowest BCUT2D eigenvalue weighted by molar-refractivity contribution is -0.137. The lowest BCUT2D eigenvalue weighted by atomic mass is 10.1. The Morgan fingerprint density at radius 2 is 1.78 bits per heavy atom. The van der Waals surface area contributed by atoms with Crippen LogP contribution >= 0.6 is 11.6 Å².